The highest BCUT2D eigenvalue weighted by atomic mass is 32.2. The number of ether oxygens (including phenoxy) is 1. The molecule has 1 aliphatic heterocycles. The van der Waals surface area contributed by atoms with Crippen LogP contribution in [0.4, 0.5) is 0 Å². The first-order valence-electron chi connectivity index (χ1n) is 7.45. The molecule has 0 spiro atoms. The number of nitrogens with zero attached hydrogens (tertiary/aromatic N) is 1. The first-order chi connectivity index (χ1) is 10.1. The fourth-order valence-electron chi connectivity index (χ4n) is 3.11. The molecule has 1 saturated heterocycles. The SMILES string of the molecule is O=S(=O)(c1ccc2c(c1)CCCC2)N1CCOCC1CO. The van der Waals surface area contributed by atoms with Crippen molar-refractivity contribution in [1.82, 2.24) is 4.31 Å². The average molecular weight is 311 g/mol. The minimum Gasteiger partial charge on any atom is -0.395 e. The minimum absolute atomic E-state index is 0.218. The zero-order chi connectivity index (χ0) is 14.9. The summed E-state index contributed by atoms with van der Waals surface area (Å²) in [7, 11) is -3.56. The summed E-state index contributed by atoms with van der Waals surface area (Å²) in [4.78, 5) is 0.337. The molecule has 0 bridgehead atoms. The fraction of sp³-hybridized carbons (Fsp3) is 0.600. The van der Waals surface area contributed by atoms with Crippen LogP contribution in [0, 0.1) is 0 Å². The molecule has 116 valence electrons. The Morgan fingerprint density at radius 2 is 2.00 bits per heavy atom. The minimum atomic E-state index is -3.56. The molecule has 1 atom stereocenters. The highest BCUT2D eigenvalue weighted by molar-refractivity contribution is 7.89. The molecule has 1 fully saturated rings. The number of aliphatic hydroxyl groups excluding tert-OH is 1. The van der Waals surface area contributed by atoms with Crippen molar-refractivity contribution in [3.8, 4) is 0 Å². The Morgan fingerprint density at radius 1 is 1.24 bits per heavy atom. The van der Waals surface area contributed by atoms with E-state index in [0.717, 1.165) is 24.8 Å². The summed E-state index contributed by atoms with van der Waals surface area (Å²) >= 11 is 0. The highest BCUT2D eigenvalue weighted by Gasteiger charge is 2.34. The summed E-state index contributed by atoms with van der Waals surface area (Å²) in [5, 5.41) is 9.38. The molecule has 1 aromatic rings. The van der Waals surface area contributed by atoms with Crippen LogP contribution in [0.2, 0.25) is 0 Å². The Bertz CT molecular complexity index is 614. The molecule has 0 radical (unpaired) electrons. The second-order valence-corrected chi connectivity index (χ2v) is 7.56. The Morgan fingerprint density at radius 3 is 2.76 bits per heavy atom. The van der Waals surface area contributed by atoms with Crippen LogP contribution in [0.25, 0.3) is 0 Å². The number of fused-ring (bicyclic) bond motifs is 1. The van der Waals surface area contributed by atoms with Crippen molar-refractivity contribution in [2.75, 3.05) is 26.4 Å². The Balaban J connectivity index is 1.94. The number of aliphatic hydroxyl groups is 1. The van der Waals surface area contributed by atoms with Crippen molar-refractivity contribution >= 4 is 10.0 Å². The first-order valence-corrected chi connectivity index (χ1v) is 8.89. The number of rotatable bonds is 3. The predicted octanol–water partition coefficient (Wildman–Crippen LogP) is 0.947. The van der Waals surface area contributed by atoms with Gasteiger partial charge in [0.2, 0.25) is 10.0 Å². The molecular weight excluding hydrogens is 290 g/mol. The third-order valence-corrected chi connectivity index (χ3v) is 6.26. The van der Waals surface area contributed by atoms with Gasteiger partial charge in [-0.25, -0.2) is 8.42 Å². The van der Waals surface area contributed by atoms with Gasteiger partial charge in [-0.1, -0.05) is 6.07 Å². The third-order valence-electron chi connectivity index (χ3n) is 4.31. The smallest absolute Gasteiger partial charge is 0.243 e. The highest BCUT2D eigenvalue weighted by Crippen LogP contribution is 2.27. The predicted molar refractivity (Wildman–Crippen MR) is 78.7 cm³/mol. The van der Waals surface area contributed by atoms with Crippen LogP contribution in [0.3, 0.4) is 0 Å². The monoisotopic (exact) mass is 311 g/mol. The van der Waals surface area contributed by atoms with E-state index >= 15 is 0 Å². The lowest BCUT2D eigenvalue weighted by Crippen LogP contribution is -2.50. The molecule has 0 saturated carbocycles. The van der Waals surface area contributed by atoms with Gasteiger partial charge in [-0.2, -0.15) is 4.31 Å². The maximum Gasteiger partial charge on any atom is 0.243 e. The van der Waals surface area contributed by atoms with Gasteiger partial charge < -0.3 is 9.84 Å². The molecule has 3 rings (SSSR count). The molecule has 21 heavy (non-hydrogen) atoms. The van der Waals surface area contributed by atoms with Crippen LogP contribution in [0.5, 0.6) is 0 Å². The second kappa shape index (κ2) is 6.04. The van der Waals surface area contributed by atoms with E-state index in [2.05, 4.69) is 0 Å². The topological polar surface area (TPSA) is 66.8 Å². The molecule has 0 amide bonds. The first kappa shape index (κ1) is 15.0. The van der Waals surface area contributed by atoms with Gasteiger partial charge >= 0.3 is 0 Å². The van der Waals surface area contributed by atoms with Gasteiger partial charge in [-0.15, -0.1) is 0 Å². The maximum atomic E-state index is 12.8. The molecule has 5 nitrogen and oxygen atoms in total. The van der Waals surface area contributed by atoms with E-state index in [1.54, 1.807) is 6.07 Å². The van der Waals surface area contributed by atoms with E-state index in [4.69, 9.17) is 4.74 Å². The van der Waals surface area contributed by atoms with Crippen molar-refractivity contribution < 1.29 is 18.3 Å². The van der Waals surface area contributed by atoms with E-state index in [-0.39, 0.29) is 13.2 Å². The van der Waals surface area contributed by atoms with Gasteiger partial charge in [0.15, 0.2) is 0 Å². The Kier molecular flexibility index (Phi) is 4.31. The van der Waals surface area contributed by atoms with Crippen LogP contribution in [0.1, 0.15) is 24.0 Å². The van der Waals surface area contributed by atoms with Crippen molar-refractivity contribution in [3.05, 3.63) is 29.3 Å². The summed E-state index contributed by atoms with van der Waals surface area (Å²) < 4.78 is 32.2. The number of sulfonamides is 1. The molecule has 1 heterocycles. The van der Waals surface area contributed by atoms with E-state index in [1.165, 1.54) is 16.3 Å². The van der Waals surface area contributed by atoms with E-state index in [0.29, 0.717) is 18.0 Å². The summed E-state index contributed by atoms with van der Waals surface area (Å²) in [5.74, 6) is 0. The molecule has 1 unspecified atom stereocenters. The maximum absolute atomic E-state index is 12.8. The molecule has 1 N–H and O–H groups in total. The van der Waals surface area contributed by atoms with Gasteiger partial charge in [0, 0.05) is 6.54 Å². The van der Waals surface area contributed by atoms with Crippen LogP contribution in [0.15, 0.2) is 23.1 Å². The fourth-order valence-corrected chi connectivity index (χ4v) is 4.74. The zero-order valence-electron chi connectivity index (χ0n) is 12.0. The Labute approximate surface area is 125 Å². The largest absolute Gasteiger partial charge is 0.395 e. The van der Waals surface area contributed by atoms with Crippen molar-refractivity contribution in [2.24, 2.45) is 0 Å². The van der Waals surface area contributed by atoms with Crippen molar-refractivity contribution in [2.45, 2.75) is 36.6 Å². The Hall–Kier alpha value is -0.950. The van der Waals surface area contributed by atoms with Crippen molar-refractivity contribution in [1.29, 1.82) is 0 Å². The molecular formula is C15H21NO4S. The van der Waals surface area contributed by atoms with Gasteiger partial charge in [-0.05, 0) is 48.9 Å². The zero-order valence-corrected chi connectivity index (χ0v) is 12.8. The van der Waals surface area contributed by atoms with E-state index < -0.39 is 16.1 Å². The number of aryl methyl sites for hydroxylation is 2. The number of hydrogen-bond donors (Lipinski definition) is 1. The van der Waals surface area contributed by atoms with E-state index in [9.17, 15) is 13.5 Å². The molecule has 0 aromatic heterocycles. The lowest BCUT2D eigenvalue weighted by Gasteiger charge is -2.33. The molecule has 6 heteroatoms. The summed E-state index contributed by atoms with van der Waals surface area (Å²) in [5.41, 5.74) is 2.41. The van der Waals surface area contributed by atoms with Gasteiger partial charge in [0.05, 0.1) is 30.8 Å². The normalized spacial score (nSPS) is 23.8. The lowest BCUT2D eigenvalue weighted by atomic mass is 9.92. The van der Waals surface area contributed by atoms with Crippen LogP contribution >= 0.6 is 0 Å². The number of morpholine rings is 1. The molecule has 1 aromatic carbocycles. The number of hydrogen-bond acceptors (Lipinski definition) is 4. The summed E-state index contributed by atoms with van der Waals surface area (Å²) in [6, 6.07) is 4.96. The number of benzene rings is 1. The van der Waals surface area contributed by atoms with Gasteiger partial charge in [0.1, 0.15) is 0 Å². The van der Waals surface area contributed by atoms with Gasteiger partial charge in [-0.3, -0.25) is 0 Å². The van der Waals surface area contributed by atoms with E-state index in [1.807, 2.05) is 12.1 Å². The molecule has 2 aliphatic rings. The third kappa shape index (κ3) is 2.85. The standard InChI is InChI=1S/C15H21NO4S/c17-10-14-11-20-8-7-16(14)21(18,19)15-6-5-12-3-1-2-4-13(12)9-15/h5-6,9,14,17H,1-4,7-8,10-11H2. The molecule has 1 aliphatic carbocycles. The van der Waals surface area contributed by atoms with Crippen molar-refractivity contribution in [3.63, 3.8) is 0 Å². The lowest BCUT2D eigenvalue weighted by molar-refractivity contribution is 0.0109. The second-order valence-electron chi connectivity index (χ2n) is 5.66. The van der Waals surface area contributed by atoms with Crippen LogP contribution in [-0.2, 0) is 27.6 Å². The van der Waals surface area contributed by atoms with Gasteiger partial charge in [0.25, 0.3) is 0 Å². The van der Waals surface area contributed by atoms with Crippen LogP contribution < -0.4 is 0 Å². The average Bonchev–Trinajstić information content (AvgIpc) is 2.54. The summed E-state index contributed by atoms with van der Waals surface area (Å²) in [6.07, 6.45) is 4.28. The van der Waals surface area contributed by atoms with Crippen LogP contribution in [-0.4, -0.2) is 50.2 Å². The summed E-state index contributed by atoms with van der Waals surface area (Å²) in [6.45, 7) is 0.705. The quantitative estimate of drug-likeness (QED) is 0.902.